The van der Waals surface area contributed by atoms with Crippen molar-refractivity contribution in [2.24, 2.45) is 5.92 Å². The number of likely N-dealkylation sites (tertiary alicyclic amines) is 1. The van der Waals surface area contributed by atoms with Crippen LogP contribution in [0.1, 0.15) is 25.8 Å². The van der Waals surface area contributed by atoms with Gasteiger partial charge >= 0.3 is 6.03 Å². The van der Waals surface area contributed by atoms with Crippen molar-refractivity contribution in [1.82, 2.24) is 15.5 Å². The Hall–Kier alpha value is -2.08. The topological polar surface area (TPSA) is 70.7 Å². The van der Waals surface area contributed by atoms with Crippen molar-refractivity contribution in [2.75, 3.05) is 13.1 Å². The van der Waals surface area contributed by atoms with Crippen LogP contribution in [0.3, 0.4) is 0 Å². The van der Waals surface area contributed by atoms with Crippen molar-refractivity contribution >= 4 is 11.9 Å². The van der Waals surface area contributed by atoms with E-state index in [1.165, 1.54) is 0 Å². The smallest absolute Gasteiger partial charge is 0.317 e. The Morgan fingerprint density at radius 1 is 1.25 bits per heavy atom. The van der Waals surface area contributed by atoms with Gasteiger partial charge in [0.2, 0.25) is 5.91 Å². The lowest BCUT2D eigenvalue weighted by molar-refractivity contribution is -0.128. The molecule has 0 aliphatic carbocycles. The van der Waals surface area contributed by atoms with Crippen molar-refractivity contribution in [3.05, 3.63) is 35.9 Å². The Morgan fingerprint density at radius 2 is 2.00 bits per heavy atom. The monoisotopic (exact) mass is 331 g/mol. The first-order valence-corrected chi connectivity index (χ1v) is 8.55. The second kappa shape index (κ2) is 7.21. The lowest BCUT2D eigenvalue weighted by Gasteiger charge is -2.32. The minimum absolute atomic E-state index is 0.0315. The third-order valence-electron chi connectivity index (χ3n) is 4.50. The van der Waals surface area contributed by atoms with Gasteiger partial charge in [0.05, 0.1) is 18.1 Å². The number of rotatable bonds is 4. The number of ether oxygens (including phenoxy) is 1. The number of nitrogens with one attached hydrogen (secondary N) is 2. The Balaban J connectivity index is 1.54. The molecule has 2 bridgehead atoms. The van der Waals surface area contributed by atoms with E-state index in [4.69, 9.17) is 4.74 Å². The van der Waals surface area contributed by atoms with Crippen molar-refractivity contribution < 1.29 is 14.3 Å². The highest BCUT2D eigenvalue weighted by atomic mass is 16.5. The summed E-state index contributed by atoms with van der Waals surface area (Å²) in [7, 11) is 0. The molecule has 0 spiro atoms. The molecule has 3 atom stereocenters. The highest BCUT2D eigenvalue weighted by molar-refractivity contribution is 5.80. The zero-order valence-electron chi connectivity index (χ0n) is 14.2. The first kappa shape index (κ1) is 16.8. The lowest BCUT2D eigenvalue weighted by Crippen LogP contribution is -2.51. The number of hydrogen-bond acceptors (Lipinski definition) is 3. The van der Waals surface area contributed by atoms with Crippen molar-refractivity contribution in [1.29, 1.82) is 0 Å². The summed E-state index contributed by atoms with van der Waals surface area (Å²) in [5.74, 6) is -0.131. The number of morpholine rings is 1. The van der Waals surface area contributed by atoms with E-state index in [1.807, 2.05) is 44.2 Å². The van der Waals surface area contributed by atoms with Crippen LogP contribution in [-0.2, 0) is 16.1 Å². The number of urea groups is 1. The van der Waals surface area contributed by atoms with Crippen LogP contribution in [0.4, 0.5) is 4.79 Å². The van der Waals surface area contributed by atoms with Crippen LogP contribution in [0.5, 0.6) is 0 Å². The van der Waals surface area contributed by atoms with E-state index in [9.17, 15) is 9.59 Å². The summed E-state index contributed by atoms with van der Waals surface area (Å²) in [5, 5.41) is 5.89. The fourth-order valence-corrected chi connectivity index (χ4v) is 3.38. The third-order valence-corrected chi connectivity index (χ3v) is 4.50. The molecule has 130 valence electrons. The van der Waals surface area contributed by atoms with Gasteiger partial charge in [-0.25, -0.2) is 4.79 Å². The second-order valence-electron chi connectivity index (χ2n) is 6.85. The minimum Gasteiger partial charge on any atom is -0.370 e. The fraction of sp³-hybridized carbons (Fsp3) is 0.556. The first-order valence-electron chi connectivity index (χ1n) is 8.55. The number of nitrogens with zero attached hydrogens (tertiary/aromatic N) is 1. The minimum atomic E-state index is -0.204. The van der Waals surface area contributed by atoms with Crippen LogP contribution in [0.25, 0.3) is 0 Å². The molecule has 24 heavy (non-hydrogen) atoms. The number of benzene rings is 1. The summed E-state index contributed by atoms with van der Waals surface area (Å²) >= 11 is 0. The molecule has 3 rings (SSSR count). The van der Waals surface area contributed by atoms with Gasteiger partial charge in [-0.1, -0.05) is 30.3 Å². The molecule has 0 radical (unpaired) electrons. The summed E-state index contributed by atoms with van der Waals surface area (Å²) in [6.45, 7) is 5.41. The second-order valence-corrected chi connectivity index (χ2v) is 6.85. The number of fused-ring (bicyclic) bond motifs is 2. The molecule has 2 N–H and O–H groups in total. The summed E-state index contributed by atoms with van der Waals surface area (Å²) < 4.78 is 5.87. The van der Waals surface area contributed by atoms with E-state index in [0.717, 1.165) is 5.56 Å². The molecule has 0 unspecified atom stereocenters. The predicted molar refractivity (Wildman–Crippen MR) is 90.3 cm³/mol. The van der Waals surface area contributed by atoms with E-state index in [0.29, 0.717) is 26.1 Å². The van der Waals surface area contributed by atoms with Gasteiger partial charge in [-0.15, -0.1) is 0 Å². The van der Waals surface area contributed by atoms with Crippen LogP contribution in [0.2, 0.25) is 0 Å². The van der Waals surface area contributed by atoms with Gasteiger partial charge in [-0.05, 0) is 25.8 Å². The normalized spacial score (nSPS) is 25.6. The number of carbonyl (C=O) groups excluding carboxylic acids is 2. The number of carbonyl (C=O) groups is 2. The first-order chi connectivity index (χ1) is 11.5. The van der Waals surface area contributed by atoms with Crippen LogP contribution in [0, 0.1) is 5.92 Å². The quantitative estimate of drug-likeness (QED) is 0.878. The molecule has 2 saturated heterocycles. The molecule has 1 aromatic carbocycles. The van der Waals surface area contributed by atoms with Crippen molar-refractivity contribution in [3.8, 4) is 0 Å². The van der Waals surface area contributed by atoms with Crippen LogP contribution in [0.15, 0.2) is 30.3 Å². The Bertz CT molecular complexity index is 590. The lowest BCUT2D eigenvalue weighted by atomic mass is 9.99. The van der Waals surface area contributed by atoms with Gasteiger partial charge in [0.15, 0.2) is 0 Å². The van der Waals surface area contributed by atoms with E-state index in [-0.39, 0.29) is 36.1 Å². The third kappa shape index (κ3) is 3.87. The standard InChI is InChI=1S/C18H25N3O3/c1-12(2)20-17(22)15-8-14-10-21(11-16(15)24-14)18(23)19-9-13-6-4-3-5-7-13/h3-7,12,14-16H,8-11H2,1-2H3,(H,19,23)(H,20,22)/t14-,15-,16-/m0/s1. The average Bonchev–Trinajstić information content (AvgIpc) is 2.87. The summed E-state index contributed by atoms with van der Waals surface area (Å²) in [6, 6.07) is 9.84. The molecule has 6 nitrogen and oxygen atoms in total. The predicted octanol–water partition coefficient (Wildman–Crippen LogP) is 1.51. The van der Waals surface area contributed by atoms with Crippen LogP contribution >= 0.6 is 0 Å². The highest BCUT2D eigenvalue weighted by Gasteiger charge is 2.45. The van der Waals surface area contributed by atoms with E-state index in [1.54, 1.807) is 4.90 Å². The van der Waals surface area contributed by atoms with E-state index >= 15 is 0 Å². The summed E-state index contributed by atoms with van der Waals surface area (Å²) in [6.07, 6.45) is 0.435. The Labute approximate surface area is 142 Å². The van der Waals surface area contributed by atoms with Gasteiger partial charge < -0.3 is 20.3 Å². The van der Waals surface area contributed by atoms with Crippen LogP contribution in [-0.4, -0.2) is 48.2 Å². The molecule has 2 aliphatic rings. The number of amides is 3. The molecule has 2 heterocycles. The molecule has 0 saturated carbocycles. The Kier molecular flexibility index (Phi) is 5.04. The summed E-state index contributed by atoms with van der Waals surface area (Å²) in [4.78, 5) is 26.4. The molecule has 3 amide bonds. The molecular formula is C18H25N3O3. The largest absolute Gasteiger partial charge is 0.370 e. The van der Waals surface area contributed by atoms with Gasteiger partial charge in [-0.2, -0.15) is 0 Å². The molecule has 2 aliphatic heterocycles. The van der Waals surface area contributed by atoms with Crippen molar-refractivity contribution in [3.63, 3.8) is 0 Å². The average molecular weight is 331 g/mol. The summed E-state index contributed by atoms with van der Waals surface area (Å²) in [5.41, 5.74) is 1.07. The maximum Gasteiger partial charge on any atom is 0.317 e. The zero-order valence-corrected chi connectivity index (χ0v) is 14.2. The van der Waals surface area contributed by atoms with Gasteiger partial charge in [-0.3, -0.25) is 4.79 Å². The maximum absolute atomic E-state index is 12.4. The molecule has 0 aromatic heterocycles. The van der Waals surface area contributed by atoms with Crippen LogP contribution < -0.4 is 10.6 Å². The molecule has 6 heteroatoms. The SMILES string of the molecule is CC(C)NC(=O)[C@H]1C[C@H]2CN(C(=O)NCc3ccccc3)C[C@@H]1O2. The fourth-order valence-electron chi connectivity index (χ4n) is 3.38. The maximum atomic E-state index is 12.4. The van der Waals surface area contributed by atoms with Crippen molar-refractivity contribution in [2.45, 2.75) is 45.1 Å². The number of hydrogen-bond donors (Lipinski definition) is 2. The van der Waals surface area contributed by atoms with E-state index < -0.39 is 0 Å². The Morgan fingerprint density at radius 3 is 2.71 bits per heavy atom. The highest BCUT2D eigenvalue weighted by Crippen LogP contribution is 2.32. The van der Waals surface area contributed by atoms with Gasteiger partial charge in [0.25, 0.3) is 0 Å². The van der Waals surface area contributed by atoms with Gasteiger partial charge in [0, 0.05) is 25.7 Å². The van der Waals surface area contributed by atoms with E-state index in [2.05, 4.69) is 10.6 Å². The molecule has 2 fully saturated rings. The zero-order chi connectivity index (χ0) is 17.1. The molecular weight excluding hydrogens is 306 g/mol. The van der Waals surface area contributed by atoms with Gasteiger partial charge in [0.1, 0.15) is 0 Å². The molecule has 1 aromatic rings.